The third kappa shape index (κ3) is 2.84. The number of amides is 1. The molecule has 1 N–H and O–H groups in total. The van der Waals surface area contributed by atoms with Crippen molar-refractivity contribution >= 4 is 17.7 Å². The largest absolute Gasteiger partial charge is 0.409 e. The average Bonchev–Trinajstić information content (AvgIpc) is 2.94. The van der Waals surface area contributed by atoms with Crippen molar-refractivity contribution in [3.63, 3.8) is 0 Å². The summed E-state index contributed by atoms with van der Waals surface area (Å²) in [6.07, 6.45) is 0. The fourth-order valence-corrected chi connectivity index (χ4v) is 1.67. The van der Waals surface area contributed by atoms with Gasteiger partial charge in [0.1, 0.15) is 5.76 Å². The highest BCUT2D eigenvalue weighted by molar-refractivity contribution is 7.99. The summed E-state index contributed by atoms with van der Waals surface area (Å²) in [6, 6.07) is 1.70. The SMILES string of the molecule is CNC(=O)CSc1nnc(-c2cc(C)on2)o1. The Labute approximate surface area is 101 Å². The van der Waals surface area contributed by atoms with Crippen molar-refractivity contribution in [1.82, 2.24) is 20.7 Å². The summed E-state index contributed by atoms with van der Waals surface area (Å²) >= 11 is 1.16. The predicted octanol–water partition coefficient (Wildman–Crippen LogP) is 0.871. The summed E-state index contributed by atoms with van der Waals surface area (Å²) in [6.45, 7) is 1.77. The standard InChI is InChI=1S/C9H10N4O3S/c1-5-3-6(13-16-5)8-11-12-9(15-8)17-4-7(14)10-2/h3H,4H2,1-2H3,(H,10,14). The number of nitrogens with zero attached hydrogens (tertiary/aromatic N) is 3. The van der Waals surface area contributed by atoms with Gasteiger partial charge >= 0.3 is 0 Å². The molecule has 0 radical (unpaired) electrons. The maximum absolute atomic E-state index is 11.0. The highest BCUT2D eigenvalue weighted by Crippen LogP contribution is 2.22. The van der Waals surface area contributed by atoms with E-state index < -0.39 is 0 Å². The van der Waals surface area contributed by atoms with Gasteiger partial charge in [0.15, 0.2) is 5.69 Å². The van der Waals surface area contributed by atoms with Gasteiger partial charge in [-0.1, -0.05) is 16.9 Å². The molecule has 0 aliphatic carbocycles. The first-order valence-electron chi connectivity index (χ1n) is 4.79. The van der Waals surface area contributed by atoms with Crippen LogP contribution in [0.5, 0.6) is 0 Å². The minimum Gasteiger partial charge on any atom is -0.409 e. The van der Waals surface area contributed by atoms with E-state index >= 15 is 0 Å². The predicted molar refractivity (Wildman–Crippen MR) is 59.3 cm³/mol. The van der Waals surface area contributed by atoms with Crippen molar-refractivity contribution in [3.05, 3.63) is 11.8 Å². The fraction of sp³-hybridized carbons (Fsp3) is 0.333. The molecule has 0 saturated heterocycles. The Morgan fingerprint density at radius 2 is 2.35 bits per heavy atom. The molecule has 2 aromatic heterocycles. The van der Waals surface area contributed by atoms with Gasteiger partial charge < -0.3 is 14.3 Å². The van der Waals surface area contributed by atoms with Gasteiger partial charge in [-0.05, 0) is 6.92 Å². The quantitative estimate of drug-likeness (QED) is 0.809. The Morgan fingerprint density at radius 3 is 3.00 bits per heavy atom. The highest BCUT2D eigenvalue weighted by Gasteiger charge is 2.13. The zero-order valence-electron chi connectivity index (χ0n) is 9.26. The molecule has 7 nitrogen and oxygen atoms in total. The molecule has 0 unspecified atom stereocenters. The molecule has 17 heavy (non-hydrogen) atoms. The first-order valence-corrected chi connectivity index (χ1v) is 5.78. The number of hydrogen-bond donors (Lipinski definition) is 1. The number of carbonyl (C=O) groups excluding carboxylic acids is 1. The van der Waals surface area contributed by atoms with Gasteiger partial charge in [-0.25, -0.2) is 0 Å². The summed E-state index contributed by atoms with van der Waals surface area (Å²) in [5.74, 6) is 1.07. The first kappa shape index (κ1) is 11.6. The van der Waals surface area contributed by atoms with Gasteiger partial charge in [0.2, 0.25) is 5.91 Å². The summed E-state index contributed by atoms with van der Waals surface area (Å²) in [5, 5.41) is 14.2. The molecular formula is C9H10N4O3S. The van der Waals surface area contributed by atoms with Crippen LogP contribution in [0, 0.1) is 6.92 Å². The molecule has 2 aromatic rings. The minimum absolute atomic E-state index is 0.105. The molecule has 0 spiro atoms. The second-order valence-corrected chi connectivity index (χ2v) is 4.08. The monoisotopic (exact) mass is 254 g/mol. The van der Waals surface area contributed by atoms with E-state index in [0.717, 1.165) is 11.8 Å². The molecule has 0 aliphatic heterocycles. The van der Waals surface area contributed by atoms with Crippen LogP contribution >= 0.6 is 11.8 Å². The smallest absolute Gasteiger partial charge is 0.277 e. The van der Waals surface area contributed by atoms with Crippen LogP contribution in [0.15, 0.2) is 20.2 Å². The van der Waals surface area contributed by atoms with E-state index in [0.29, 0.717) is 16.7 Å². The average molecular weight is 254 g/mol. The number of carbonyl (C=O) groups is 1. The summed E-state index contributed by atoms with van der Waals surface area (Å²) < 4.78 is 10.2. The van der Waals surface area contributed by atoms with E-state index in [1.54, 1.807) is 20.0 Å². The lowest BCUT2D eigenvalue weighted by Crippen LogP contribution is -2.19. The Bertz CT molecular complexity index is 522. The molecule has 0 fully saturated rings. The lowest BCUT2D eigenvalue weighted by molar-refractivity contribution is -0.118. The van der Waals surface area contributed by atoms with Crippen LogP contribution < -0.4 is 5.32 Å². The van der Waals surface area contributed by atoms with Crippen molar-refractivity contribution in [1.29, 1.82) is 0 Å². The molecule has 0 aromatic carbocycles. The number of aromatic nitrogens is 3. The van der Waals surface area contributed by atoms with Crippen molar-refractivity contribution in [3.8, 4) is 11.6 Å². The second kappa shape index (κ2) is 5.00. The van der Waals surface area contributed by atoms with Crippen LogP contribution in [0.25, 0.3) is 11.6 Å². The van der Waals surface area contributed by atoms with Gasteiger partial charge in [-0.2, -0.15) is 0 Å². The molecule has 2 rings (SSSR count). The van der Waals surface area contributed by atoms with Gasteiger partial charge in [0.25, 0.3) is 11.1 Å². The molecule has 1 amide bonds. The van der Waals surface area contributed by atoms with Crippen LogP contribution in [0.1, 0.15) is 5.76 Å². The minimum atomic E-state index is -0.105. The first-order chi connectivity index (χ1) is 8.19. The Morgan fingerprint density at radius 1 is 1.53 bits per heavy atom. The number of hydrogen-bond acceptors (Lipinski definition) is 7. The van der Waals surface area contributed by atoms with Crippen LogP contribution in [0.4, 0.5) is 0 Å². The van der Waals surface area contributed by atoms with E-state index in [2.05, 4.69) is 20.7 Å². The molecule has 90 valence electrons. The van der Waals surface area contributed by atoms with Crippen molar-refractivity contribution in [2.75, 3.05) is 12.8 Å². The Hall–Kier alpha value is -1.83. The summed E-state index contributed by atoms with van der Waals surface area (Å²) in [5.41, 5.74) is 0.488. The number of thioether (sulfide) groups is 1. The number of rotatable bonds is 4. The number of nitrogens with one attached hydrogen (secondary N) is 1. The molecule has 0 saturated carbocycles. The van der Waals surface area contributed by atoms with E-state index in [9.17, 15) is 4.79 Å². The fourth-order valence-electron chi connectivity index (χ4n) is 1.04. The Kier molecular flexibility index (Phi) is 3.43. The highest BCUT2D eigenvalue weighted by atomic mass is 32.2. The van der Waals surface area contributed by atoms with E-state index in [1.807, 2.05) is 0 Å². The Balaban J connectivity index is 2.03. The zero-order chi connectivity index (χ0) is 12.3. The van der Waals surface area contributed by atoms with Gasteiger partial charge in [0, 0.05) is 13.1 Å². The van der Waals surface area contributed by atoms with Crippen LogP contribution in [-0.4, -0.2) is 34.1 Å². The molecule has 8 heteroatoms. The van der Waals surface area contributed by atoms with Gasteiger partial charge in [-0.15, -0.1) is 10.2 Å². The molecule has 2 heterocycles. The van der Waals surface area contributed by atoms with E-state index in [-0.39, 0.29) is 17.6 Å². The van der Waals surface area contributed by atoms with Crippen molar-refractivity contribution in [2.24, 2.45) is 0 Å². The van der Waals surface area contributed by atoms with Crippen molar-refractivity contribution < 1.29 is 13.7 Å². The van der Waals surface area contributed by atoms with Crippen LogP contribution in [0.2, 0.25) is 0 Å². The van der Waals surface area contributed by atoms with Crippen LogP contribution in [0.3, 0.4) is 0 Å². The van der Waals surface area contributed by atoms with Crippen LogP contribution in [-0.2, 0) is 4.79 Å². The molecular weight excluding hydrogens is 244 g/mol. The molecule has 0 atom stereocenters. The normalized spacial score (nSPS) is 10.5. The topological polar surface area (TPSA) is 94.1 Å². The number of aryl methyl sites for hydroxylation is 1. The van der Waals surface area contributed by atoms with Crippen molar-refractivity contribution in [2.45, 2.75) is 12.1 Å². The molecule has 0 aliphatic rings. The summed E-state index contributed by atoms with van der Waals surface area (Å²) in [7, 11) is 1.57. The third-order valence-electron chi connectivity index (χ3n) is 1.86. The lowest BCUT2D eigenvalue weighted by atomic mass is 10.4. The van der Waals surface area contributed by atoms with Gasteiger partial charge in [-0.3, -0.25) is 4.79 Å². The second-order valence-electron chi connectivity index (χ2n) is 3.16. The third-order valence-corrected chi connectivity index (χ3v) is 2.68. The van der Waals surface area contributed by atoms with E-state index in [1.165, 1.54) is 0 Å². The lowest BCUT2D eigenvalue weighted by Gasteiger charge is -1.94. The zero-order valence-corrected chi connectivity index (χ0v) is 10.1. The maximum atomic E-state index is 11.0. The van der Waals surface area contributed by atoms with E-state index in [4.69, 9.17) is 8.94 Å². The maximum Gasteiger partial charge on any atom is 0.277 e. The molecule has 0 bridgehead atoms. The summed E-state index contributed by atoms with van der Waals surface area (Å²) in [4.78, 5) is 11.0. The van der Waals surface area contributed by atoms with Gasteiger partial charge in [0.05, 0.1) is 5.75 Å².